The Hall–Kier alpha value is -0.420. The Morgan fingerprint density at radius 2 is 2.20 bits per heavy atom. The Balaban J connectivity index is 0.000000956. The van der Waals surface area contributed by atoms with Crippen LogP contribution in [0, 0.1) is 5.92 Å². The quantitative estimate of drug-likeness (QED) is 0.794. The number of allylic oxidation sites excluding steroid dienone is 1. The average Bonchev–Trinajstić information content (AvgIpc) is 3.07. The molecular formula is C16H24BrNOS. The number of hydrogen-bond acceptors (Lipinski definition) is 3. The molecule has 0 aromatic carbocycles. The third-order valence-electron chi connectivity index (χ3n) is 3.47. The van der Waals surface area contributed by atoms with Gasteiger partial charge in [0.2, 0.25) is 0 Å². The first kappa shape index (κ1) is 17.6. The van der Waals surface area contributed by atoms with Crippen molar-refractivity contribution in [1.29, 1.82) is 0 Å². The molecule has 2 rings (SSSR count). The van der Waals surface area contributed by atoms with Crippen LogP contribution in [-0.4, -0.2) is 36.2 Å². The van der Waals surface area contributed by atoms with Crippen molar-refractivity contribution in [3.05, 3.63) is 46.1 Å². The summed E-state index contributed by atoms with van der Waals surface area (Å²) in [6, 6.07) is 2.20. The van der Waals surface area contributed by atoms with Gasteiger partial charge in [-0.3, -0.25) is 4.90 Å². The molecule has 1 fully saturated rings. The van der Waals surface area contributed by atoms with Gasteiger partial charge in [-0.15, -0.1) is 24.5 Å². The topological polar surface area (TPSA) is 23.5 Å². The summed E-state index contributed by atoms with van der Waals surface area (Å²) < 4.78 is 1.16. The van der Waals surface area contributed by atoms with Crippen molar-refractivity contribution in [2.75, 3.05) is 26.2 Å². The average molecular weight is 358 g/mol. The highest BCUT2D eigenvalue weighted by molar-refractivity contribution is 9.10. The van der Waals surface area contributed by atoms with E-state index in [1.165, 1.54) is 4.88 Å². The van der Waals surface area contributed by atoms with Crippen LogP contribution in [-0.2, 0) is 0 Å². The summed E-state index contributed by atoms with van der Waals surface area (Å²) in [4.78, 5) is 3.83. The Labute approximate surface area is 134 Å². The minimum Gasteiger partial charge on any atom is -0.396 e. The van der Waals surface area contributed by atoms with E-state index >= 15 is 0 Å². The van der Waals surface area contributed by atoms with Gasteiger partial charge in [0.05, 0.1) is 0 Å². The molecule has 1 aliphatic rings. The number of likely N-dealkylation sites (tertiary alicyclic amines) is 1. The monoisotopic (exact) mass is 357 g/mol. The first-order valence-electron chi connectivity index (χ1n) is 6.96. The molecule has 0 radical (unpaired) electrons. The lowest BCUT2D eigenvalue weighted by Crippen LogP contribution is -2.21. The Morgan fingerprint density at radius 1 is 1.45 bits per heavy atom. The van der Waals surface area contributed by atoms with Crippen LogP contribution in [0.2, 0.25) is 0 Å². The molecule has 2 heterocycles. The lowest BCUT2D eigenvalue weighted by molar-refractivity contribution is 0.218. The van der Waals surface area contributed by atoms with Crippen molar-refractivity contribution in [2.24, 2.45) is 5.92 Å². The number of halogens is 1. The van der Waals surface area contributed by atoms with Gasteiger partial charge in [0.25, 0.3) is 0 Å². The summed E-state index contributed by atoms with van der Waals surface area (Å²) in [7, 11) is 0. The molecule has 1 aromatic rings. The van der Waals surface area contributed by atoms with E-state index in [9.17, 15) is 5.11 Å². The maximum atomic E-state index is 9.54. The molecule has 2 unspecified atom stereocenters. The van der Waals surface area contributed by atoms with Crippen molar-refractivity contribution < 1.29 is 5.11 Å². The lowest BCUT2D eigenvalue weighted by Gasteiger charge is -2.13. The van der Waals surface area contributed by atoms with E-state index in [-0.39, 0.29) is 6.61 Å². The summed E-state index contributed by atoms with van der Waals surface area (Å²) in [5, 5.41) is 11.7. The zero-order valence-electron chi connectivity index (χ0n) is 12.1. The number of thiophene rings is 1. The molecule has 0 spiro atoms. The van der Waals surface area contributed by atoms with Crippen molar-refractivity contribution in [2.45, 2.75) is 19.3 Å². The maximum Gasteiger partial charge on any atom is 0.0478 e. The summed E-state index contributed by atoms with van der Waals surface area (Å²) in [5.41, 5.74) is 0. The first-order valence-corrected chi connectivity index (χ1v) is 8.64. The van der Waals surface area contributed by atoms with E-state index in [2.05, 4.69) is 64.5 Å². The second-order valence-electron chi connectivity index (χ2n) is 4.81. The Morgan fingerprint density at radius 3 is 2.75 bits per heavy atom. The predicted molar refractivity (Wildman–Crippen MR) is 92.5 cm³/mol. The standard InChI is InChI=1S/C14H20BrNOS.C2H4/c1-2-3-4-5-16-7-11(9-17)13(8-16)14-6-12(15)10-18-14;1-2/h3-4,6,10-11,13,17H,2,5,7-9H2,1H3;1-2H2/b4-3+;. The van der Waals surface area contributed by atoms with Gasteiger partial charge in [0.15, 0.2) is 0 Å². The van der Waals surface area contributed by atoms with E-state index in [4.69, 9.17) is 0 Å². The van der Waals surface area contributed by atoms with Crippen molar-refractivity contribution in [3.63, 3.8) is 0 Å². The van der Waals surface area contributed by atoms with Crippen molar-refractivity contribution >= 4 is 27.3 Å². The van der Waals surface area contributed by atoms with Gasteiger partial charge in [0, 0.05) is 52.8 Å². The first-order chi connectivity index (χ1) is 9.74. The molecule has 0 bridgehead atoms. The molecule has 1 saturated heterocycles. The fraction of sp³-hybridized carbons (Fsp3) is 0.500. The third-order valence-corrected chi connectivity index (χ3v) is 5.30. The molecule has 1 aliphatic heterocycles. The summed E-state index contributed by atoms with van der Waals surface area (Å²) >= 11 is 5.30. The van der Waals surface area contributed by atoms with Gasteiger partial charge >= 0.3 is 0 Å². The molecule has 0 aliphatic carbocycles. The lowest BCUT2D eigenvalue weighted by atomic mass is 9.95. The van der Waals surface area contributed by atoms with E-state index in [1.807, 2.05) is 0 Å². The van der Waals surface area contributed by atoms with Crippen LogP contribution in [0.1, 0.15) is 24.1 Å². The molecule has 1 aromatic heterocycles. The Kier molecular flexibility index (Phi) is 8.38. The van der Waals surface area contributed by atoms with Crippen LogP contribution in [0.3, 0.4) is 0 Å². The number of aliphatic hydroxyl groups is 1. The molecule has 2 nitrogen and oxygen atoms in total. The summed E-state index contributed by atoms with van der Waals surface area (Å²) in [6.07, 6.45) is 5.54. The van der Waals surface area contributed by atoms with Crippen LogP contribution < -0.4 is 0 Å². The number of nitrogens with zero attached hydrogens (tertiary/aromatic N) is 1. The fourth-order valence-electron chi connectivity index (χ4n) is 2.53. The van der Waals surface area contributed by atoms with Crippen LogP contribution >= 0.6 is 27.3 Å². The smallest absolute Gasteiger partial charge is 0.0478 e. The van der Waals surface area contributed by atoms with E-state index in [1.54, 1.807) is 11.3 Å². The van der Waals surface area contributed by atoms with Crippen LogP contribution in [0.25, 0.3) is 0 Å². The fourth-order valence-corrected chi connectivity index (χ4v) is 4.16. The van der Waals surface area contributed by atoms with Crippen molar-refractivity contribution in [1.82, 2.24) is 4.90 Å². The maximum absolute atomic E-state index is 9.54. The molecule has 0 amide bonds. The zero-order valence-corrected chi connectivity index (χ0v) is 14.5. The van der Waals surface area contributed by atoms with Gasteiger partial charge in [-0.25, -0.2) is 0 Å². The van der Waals surface area contributed by atoms with E-state index in [0.717, 1.165) is 30.5 Å². The number of rotatable bonds is 5. The van der Waals surface area contributed by atoms with Crippen LogP contribution in [0.15, 0.2) is 41.2 Å². The summed E-state index contributed by atoms with van der Waals surface area (Å²) in [5.74, 6) is 0.868. The molecule has 1 N–H and O–H groups in total. The molecule has 20 heavy (non-hydrogen) atoms. The third kappa shape index (κ3) is 4.85. The predicted octanol–water partition coefficient (Wildman–Crippen LogP) is 4.29. The van der Waals surface area contributed by atoms with Crippen LogP contribution in [0.5, 0.6) is 0 Å². The van der Waals surface area contributed by atoms with Gasteiger partial charge in [-0.2, -0.15) is 0 Å². The highest BCUT2D eigenvalue weighted by Gasteiger charge is 2.33. The SMILES string of the molecule is C=C.CC/C=C/CN1CC(CO)C(c2cc(Br)cs2)C1. The highest BCUT2D eigenvalue weighted by Crippen LogP contribution is 2.36. The molecule has 4 heteroatoms. The van der Waals surface area contributed by atoms with Gasteiger partial charge in [0.1, 0.15) is 0 Å². The van der Waals surface area contributed by atoms with Gasteiger partial charge in [-0.05, 0) is 28.4 Å². The second kappa shape index (κ2) is 9.50. The van der Waals surface area contributed by atoms with E-state index < -0.39 is 0 Å². The minimum absolute atomic E-state index is 0.286. The van der Waals surface area contributed by atoms with E-state index in [0.29, 0.717) is 11.8 Å². The van der Waals surface area contributed by atoms with Crippen LogP contribution in [0.4, 0.5) is 0 Å². The largest absolute Gasteiger partial charge is 0.396 e. The van der Waals surface area contributed by atoms with Gasteiger partial charge in [-0.1, -0.05) is 19.1 Å². The number of aliphatic hydroxyl groups excluding tert-OH is 1. The normalized spacial score (nSPS) is 22.9. The van der Waals surface area contributed by atoms with Gasteiger partial charge < -0.3 is 5.11 Å². The van der Waals surface area contributed by atoms with Crippen molar-refractivity contribution in [3.8, 4) is 0 Å². The Bertz CT molecular complexity index is 418. The molecule has 0 saturated carbocycles. The molecular weight excluding hydrogens is 334 g/mol. The second-order valence-corrected chi connectivity index (χ2v) is 6.67. The molecule has 112 valence electrons. The summed E-state index contributed by atoms with van der Waals surface area (Å²) in [6.45, 7) is 11.5. The zero-order chi connectivity index (χ0) is 15.0. The minimum atomic E-state index is 0.286. The number of hydrogen-bond donors (Lipinski definition) is 1. The molecule has 2 atom stereocenters. The highest BCUT2D eigenvalue weighted by atomic mass is 79.9.